The van der Waals surface area contributed by atoms with Crippen molar-refractivity contribution in [1.82, 2.24) is 9.80 Å². The molecule has 150 valence electrons. The molecule has 0 unspecified atom stereocenters. The number of benzene rings is 1. The first-order chi connectivity index (χ1) is 13.7. The van der Waals surface area contributed by atoms with E-state index in [1.165, 1.54) is 16.8 Å². The highest BCUT2D eigenvalue weighted by Crippen LogP contribution is 2.26. The first-order valence-corrected chi connectivity index (χ1v) is 10.4. The number of piperidine rings is 1. The van der Waals surface area contributed by atoms with Gasteiger partial charge in [0, 0.05) is 51.8 Å². The zero-order valence-electron chi connectivity index (χ0n) is 16.7. The third-order valence-corrected chi connectivity index (χ3v) is 6.00. The van der Waals surface area contributed by atoms with Gasteiger partial charge in [0.15, 0.2) is 0 Å². The van der Waals surface area contributed by atoms with Crippen LogP contribution in [0.1, 0.15) is 30.4 Å². The van der Waals surface area contributed by atoms with Crippen molar-refractivity contribution >= 4 is 5.91 Å². The fourth-order valence-corrected chi connectivity index (χ4v) is 4.19. The van der Waals surface area contributed by atoms with Gasteiger partial charge in [0.1, 0.15) is 11.9 Å². The van der Waals surface area contributed by atoms with Gasteiger partial charge in [0.05, 0.1) is 13.0 Å². The molecule has 0 spiro atoms. The van der Waals surface area contributed by atoms with Crippen LogP contribution in [0.4, 0.5) is 0 Å². The molecule has 0 radical (unpaired) electrons. The number of fused-ring (bicyclic) bond motifs is 1. The van der Waals surface area contributed by atoms with Crippen LogP contribution < -0.4 is 4.74 Å². The quantitative estimate of drug-likeness (QED) is 0.759. The Bertz CT molecular complexity index is 763. The van der Waals surface area contributed by atoms with E-state index in [0.717, 1.165) is 57.6 Å². The standard InChI is InChI=1S/C23H30N2O3/c1-27-16-11-23(26)25-14-9-21(10-15-25)28-22-6-5-18-7-12-24(20-3-2-4-20)13-8-19(18)17-22/h2-6,17,21H,7-16H2,1H3. The summed E-state index contributed by atoms with van der Waals surface area (Å²) in [7, 11) is 1.63. The lowest BCUT2D eigenvalue weighted by atomic mass is 10.0. The van der Waals surface area contributed by atoms with Crippen LogP contribution in [0.15, 0.2) is 42.1 Å². The van der Waals surface area contributed by atoms with Gasteiger partial charge in [0.2, 0.25) is 5.91 Å². The van der Waals surface area contributed by atoms with Gasteiger partial charge in [-0.1, -0.05) is 12.1 Å². The van der Waals surface area contributed by atoms with Crippen molar-refractivity contribution in [1.29, 1.82) is 0 Å². The minimum atomic E-state index is 0.186. The van der Waals surface area contributed by atoms with E-state index >= 15 is 0 Å². The van der Waals surface area contributed by atoms with Gasteiger partial charge in [-0.25, -0.2) is 0 Å². The second-order valence-electron chi connectivity index (χ2n) is 7.81. The van der Waals surface area contributed by atoms with Gasteiger partial charge >= 0.3 is 0 Å². The number of amides is 1. The van der Waals surface area contributed by atoms with Crippen molar-refractivity contribution in [3.8, 4) is 5.75 Å². The average molecular weight is 383 g/mol. The summed E-state index contributed by atoms with van der Waals surface area (Å²) < 4.78 is 11.3. The Morgan fingerprint density at radius 1 is 1.11 bits per heavy atom. The summed E-state index contributed by atoms with van der Waals surface area (Å²) in [6, 6.07) is 6.59. The number of carbonyl (C=O) groups excluding carboxylic acids is 1. The van der Waals surface area contributed by atoms with E-state index in [0.29, 0.717) is 13.0 Å². The maximum atomic E-state index is 12.1. The van der Waals surface area contributed by atoms with Gasteiger partial charge in [0.25, 0.3) is 0 Å². The molecule has 1 aromatic carbocycles. The molecule has 2 heterocycles. The van der Waals surface area contributed by atoms with Crippen molar-refractivity contribution < 1.29 is 14.3 Å². The predicted molar refractivity (Wildman–Crippen MR) is 109 cm³/mol. The van der Waals surface area contributed by atoms with Gasteiger partial charge in [-0.3, -0.25) is 4.79 Å². The monoisotopic (exact) mass is 382 g/mol. The zero-order chi connectivity index (χ0) is 19.3. The topological polar surface area (TPSA) is 42.0 Å². The summed E-state index contributed by atoms with van der Waals surface area (Å²) in [6.07, 6.45) is 11.1. The number of likely N-dealkylation sites (tertiary alicyclic amines) is 1. The van der Waals surface area contributed by atoms with Crippen LogP contribution in [-0.4, -0.2) is 61.7 Å². The molecule has 0 atom stereocenters. The normalized spacial score (nSPS) is 19.5. The summed E-state index contributed by atoms with van der Waals surface area (Å²) in [6.45, 7) is 4.19. The van der Waals surface area contributed by atoms with Crippen molar-refractivity contribution in [3.63, 3.8) is 0 Å². The number of ether oxygens (including phenoxy) is 2. The Hall–Kier alpha value is -2.27. The number of carbonyl (C=O) groups is 1. The van der Waals surface area contributed by atoms with Gasteiger partial charge in [-0.15, -0.1) is 0 Å². The molecule has 1 aromatic rings. The molecule has 1 amide bonds. The second kappa shape index (κ2) is 8.82. The fraction of sp³-hybridized carbons (Fsp3) is 0.522. The summed E-state index contributed by atoms with van der Waals surface area (Å²) in [5.41, 5.74) is 4.21. The van der Waals surface area contributed by atoms with Crippen molar-refractivity contribution in [3.05, 3.63) is 53.3 Å². The minimum absolute atomic E-state index is 0.186. The predicted octanol–water partition coefficient (Wildman–Crippen LogP) is 2.95. The second-order valence-corrected chi connectivity index (χ2v) is 7.81. The van der Waals surface area contributed by atoms with E-state index in [-0.39, 0.29) is 12.0 Å². The molecule has 5 heteroatoms. The van der Waals surface area contributed by atoms with Crippen LogP contribution >= 0.6 is 0 Å². The first kappa shape index (κ1) is 19.1. The molecule has 2 aliphatic heterocycles. The SMILES string of the molecule is COCCC(=O)N1CCC(Oc2ccc3c(c2)CCN(C2=CC=C2)CC3)CC1. The zero-order valence-corrected chi connectivity index (χ0v) is 16.7. The van der Waals surface area contributed by atoms with Crippen LogP contribution in [0.25, 0.3) is 0 Å². The summed E-state index contributed by atoms with van der Waals surface area (Å²) >= 11 is 0. The molecular formula is C23H30N2O3. The largest absolute Gasteiger partial charge is 0.490 e. The lowest BCUT2D eigenvalue weighted by Crippen LogP contribution is -2.42. The molecule has 3 aliphatic rings. The first-order valence-electron chi connectivity index (χ1n) is 10.4. The number of nitrogens with zero attached hydrogens (tertiary/aromatic N) is 2. The highest BCUT2D eigenvalue weighted by Gasteiger charge is 2.24. The molecule has 0 aromatic heterocycles. The molecule has 4 rings (SSSR count). The van der Waals surface area contributed by atoms with E-state index in [1.807, 2.05) is 4.90 Å². The Morgan fingerprint density at radius 2 is 1.86 bits per heavy atom. The molecule has 0 saturated carbocycles. The van der Waals surface area contributed by atoms with E-state index < -0.39 is 0 Å². The molecule has 5 nitrogen and oxygen atoms in total. The fourth-order valence-electron chi connectivity index (χ4n) is 4.19. The minimum Gasteiger partial charge on any atom is -0.490 e. The molecule has 28 heavy (non-hydrogen) atoms. The molecular weight excluding hydrogens is 352 g/mol. The molecule has 0 N–H and O–H groups in total. The Balaban J connectivity index is 1.30. The van der Waals surface area contributed by atoms with Crippen LogP contribution in [0.2, 0.25) is 0 Å². The lowest BCUT2D eigenvalue weighted by Gasteiger charge is -2.32. The highest BCUT2D eigenvalue weighted by atomic mass is 16.5. The average Bonchev–Trinajstić information content (AvgIpc) is 2.88. The van der Waals surface area contributed by atoms with Crippen LogP contribution in [0.3, 0.4) is 0 Å². The highest BCUT2D eigenvalue weighted by molar-refractivity contribution is 5.76. The molecule has 1 aliphatic carbocycles. The van der Waals surface area contributed by atoms with E-state index in [1.54, 1.807) is 7.11 Å². The summed E-state index contributed by atoms with van der Waals surface area (Å²) in [4.78, 5) is 16.5. The third-order valence-electron chi connectivity index (χ3n) is 6.00. The Morgan fingerprint density at radius 3 is 2.54 bits per heavy atom. The molecule has 1 saturated heterocycles. The number of rotatable bonds is 6. The van der Waals surface area contributed by atoms with Gasteiger partial charge in [-0.05, 0) is 48.3 Å². The Kier molecular flexibility index (Phi) is 6.01. The van der Waals surface area contributed by atoms with E-state index in [9.17, 15) is 4.79 Å². The summed E-state index contributed by atoms with van der Waals surface area (Å²) in [5.74, 6) is 1.16. The summed E-state index contributed by atoms with van der Waals surface area (Å²) in [5, 5.41) is 0. The maximum absolute atomic E-state index is 12.1. The van der Waals surface area contributed by atoms with Gasteiger partial charge < -0.3 is 19.3 Å². The third kappa shape index (κ3) is 4.41. The van der Waals surface area contributed by atoms with E-state index in [2.05, 4.69) is 41.3 Å². The number of methoxy groups -OCH3 is 1. The number of hydrogen-bond acceptors (Lipinski definition) is 4. The van der Waals surface area contributed by atoms with Crippen molar-refractivity contribution in [2.45, 2.75) is 38.2 Å². The smallest absolute Gasteiger partial charge is 0.224 e. The van der Waals surface area contributed by atoms with Crippen LogP contribution in [-0.2, 0) is 22.4 Å². The van der Waals surface area contributed by atoms with Crippen molar-refractivity contribution in [2.24, 2.45) is 0 Å². The molecule has 0 bridgehead atoms. The van der Waals surface area contributed by atoms with E-state index in [4.69, 9.17) is 9.47 Å². The number of hydrogen-bond donors (Lipinski definition) is 0. The number of allylic oxidation sites excluding steroid dienone is 3. The molecule has 1 fully saturated rings. The maximum Gasteiger partial charge on any atom is 0.224 e. The van der Waals surface area contributed by atoms with Gasteiger partial charge in [-0.2, -0.15) is 0 Å². The Labute approximate surface area is 167 Å². The van der Waals surface area contributed by atoms with Crippen LogP contribution in [0.5, 0.6) is 5.75 Å². The lowest BCUT2D eigenvalue weighted by molar-refractivity contribution is -0.133. The van der Waals surface area contributed by atoms with Crippen LogP contribution in [0, 0.1) is 0 Å². The van der Waals surface area contributed by atoms with Crippen molar-refractivity contribution in [2.75, 3.05) is 39.9 Å².